The Labute approximate surface area is 93.6 Å². The maximum absolute atomic E-state index is 13.7. The lowest BCUT2D eigenvalue weighted by molar-refractivity contribution is -0.274. The maximum atomic E-state index is 13.7. The topological polar surface area (TPSA) is 21.3 Å². The number of alkyl halides is 2. The Kier molecular flexibility index (Phi) is 3.51. The maximum Gasteiger partial charge on any atom is 0.383 e. The monoisotopic (exact) mass is 227 g/mol. The largest absolute Gasteiger partial charge is 0.383 e. The molecule has 0 bridgehead atoms. The zero-order valence-electron chi connectivity index (χ0n) is 8.96. The molecule has 0 saturated carbocycles. The van der Waals surface area contributed by atoms with Crippen LogP contribution in [0, 0.1) is 0 Å². The van der Waals surface area contributed by atoms with Crippen LogP contribution in [-0.4, -0.2) is 19.2 Å². The van der Waals surface area contributed by atoms with Crippen LogP contribution in [0.5, 0.6) is 0 Å². The number of benzene rings is 1. The quantitative estimate of drug-likeness (QED) is 0.856. The van der Waals surface area contributed by atoms with Gasteiger partial charge in [-0.2, -0.15) is 8.78 Å². The Morgan fingerprint density at radius 3 is 2.62 bits per heavy atom. The number of halogens is 2. The number of rotatable bonds is 3. The fraction of sp³-hybridized carbons (Fsp3) is 0.500. The molecule has 0 amide bonds. The summed E-state index contributed by atoms with van der Waals surface area (Å²) in [6.07, 6.45) is -2.01. The van der Waals surface area contributed by atoms with Gasteiger partial charge in [0.25, 0.3) is 0 Å². The molecule has 1 aliphatic rings. The van der Waals surface area contributed by atoms with Crippen molar-refractivity contribution in [3.63, 3.8) is 0 Å². The first-order valence-corrected chi connectivity index (χ1v) is 5.50. The summed E-state index contributed by atoms with van der Waals surface area (Å²) in [7, 11) is 0. The van der Waals surface area contributed by atoms with E-state index in [0.29, 0.717) is 13.0 Å². The van der Waals surface area contributed by atoms with Crippen LogP contribution >= 0.6 is 0 Å². The fourth-order valence-corrected chi connectivity index (χ4v) is 1.83. The molecular formula is C12H15F2NO. The van der Waals surface area contributed by atoms with Gasteiger partial charge < -0.3 is 10.1 Å². The average Bonchev–Trinajstić information content (AvgIpc) is 2.31. The van der Waals surface area contributed by atoms with E-state index in [-0.39, 0.29) is 5.56 Å². The van der Waals surface area contributed by atoms with E-state index >= 15 is 0 Å². The molecule has 1 N–H and O–H groups in total. The lowest BCUT2D eigenvalue weighted by Gasteiger charge is -2.27. The van der Waals surface area contributed by atoms with Crippen molar-refractivity contribution >= 4 is 0 Å². The predicted molar refractivity (Wildman–Crippen MR) is 57.3 cm³/mol. The van der Waals surface area contributed by atoms with Crippen LogP contribution in [0.4, 0.5) is 8.78 Å². The zero-order chi connectivity index (χ0) is 11.4. The third kappa shape index (κ3) is 2.77. The van der Waals surface area contributed by atoms with Crippen LogP contribution in [0.1, 0.15) is 18.4 Å². The van der Waals surface area contributed by atoms with E-state index in [2.05, 4.69) is 5.32 Å². The molecule has 0 spiro atoms. The van der Waals surface area contributed by atoms with E-state index in [9.17, 15) is 8.78 Å². The van der Waals surface area contributed by atoms with Crippen molar-refractivity contribution in [2.75, 3.05) is 13.1 Å². The van der Waals surface area contributed by atoms with Crippen LogP contribution in [0.2, 0.25) is 0 Å². The first kappa shape index (κ1) is 11.5. The highest BCUT2D eigenvalue weighted by Crippen LogP contribution is 2.31. The summed E-state index contributed by atoms with van der Waals surface area (Å²) in [6, 6.07) is 7.66. The second kappa shape index (κ2) is 4.89. The summed E-state index contributed by atoms with van der Waals surface area (Å²) < 4.78 is 32.3. The van der Waals surface area contributed by atoms with E-state index < -0.39 is 12.2 Å². The molecule has 1 aromatic carbocycles. The van der Waals surface area contributed by atoms with E-state index in [1.807, 2.05) is 0 Å². The van der Waals surface area contributed by atoms with Crippen molar-refractivity contribution < 1.29 is 13.5 Å². The van der Waals surface area contributed by atoms with Crippen molar-refractivity contribution in [2.45, 2.75) is 25.1 Å². The molecule has 1 aromatic rings. The summed E-state index contributed by atoms with van der Waals surface area (Å²) in [5.74, 6) is 0. The summed E-state index contributed by atoms with van der Waals surface area (Å²) in [4.78, 5) is 0. The standard InChI is InChI=1S/C12H15F2NO/c13-12(14,10-5-2-1-3-6-10)16-11-7-4-8-15-9-11/h1-3,5-6,11,15H,4,7-9H2. The van der Waals surface area contributed by atoms with Gasteiger partial charge in [-0.05, 0) is 19.4 Å². The van der Waals surface area contributed by atoms with Gasteiger partial charge >= 0.3 is 6.11 Å². The van der Waals surface area contributed by atoms with Gasteiger partial charge in [0, 0.05) is 6.54 Å². The van der Waals surface area contributed by atoms with Crippen molar-refractivity contribution in [3.8, 4) is 0 Å². The van der Waals surface area contributed by atoms with Crippen molar-refractivity contribution in [1.82, 2.24) is 5.32 Å². The molecule has 4 heteroatoms. The lowest BCUT2D eigenvalue weighted by atomic mass is 10.1. The molecule has 1 atom stereocenters. The number of piperidine rings is 1. The smallest absolute Gasteiger partial charge is 0.314 e. The Morgan fingerprint density at radius 1 is 1.25 bits per heavy atom. The second-order valence-electron chi connectivity index (χ2n) is 3.97. The summed E-state index contributed by atoms with van der Waals surface area (Å²) in [5, 5.41) is 3.05. The van der Waals surface area contributed by atoms with Crippen LogP contribution in [0.15, 0.2) is 30.3 Å². The highest BCUT2D eigenvalue weighted by atomic mass is 19.3. The first-order chi connectivity index (χ1) is 7.68. The minimum absolute atomic E-state index is 0.0828. The first-order valence-electron chi connectivity index (χ1n) is 5.50. The molecule has 1 unspecified atom stereocenters. The van der Waals surface area contributed by atoms with E-state index in [4.69, 9.17) is 4.74 Å². The van der Waals surface area contributed by atoms with Gasteiger partial charge in [-0.15, -0.1) is 0 Å². The second-order valence-corrected chi connectivity index (χ2v) is 3.97. The predicted octanol–water partition coefficient (Wildman–Crippen LogP) is 2.50. The van der Waals surface area contributed by atoms with Crippen LogP contribution in [0.3, 0.4) is 0 Å². The molecule has 16 heavy (non-hydrogen) atoms. The average molecular weight is 227 g/mol. The Bertz CT molecular complexity index is 323. The number of nitrogens with one attached hydrogen (secondary N) is 1. The molecular weight excluding hydrogens is 212 g/mol. The number of ether oxygens (including phenoxy) is 1. The third-order valence-corrected chi connectivity index (χ3v) is 2.68. The van der Waals surface area contributed by atoms with Crippen LogP contribution in [0.25, 0.3) is 0 Å². The molecule has 0 aromatic heterocycles. The minimum atomic E-state index is -3.19. The van der Waals surface area contributed by atoms with Gasteiger partial charge in [0.2, 0.25) is 0 Å². The zero-order valence-corrected chi connectivity index (χ0v) is 8.96. The summed E-state index contributed by atoms with van der Waals surface area (Å²) in [5.41, 5.74) is -0.0828. The minimum Gasteiger partial charge on any atom is -0.314 e. The SMILES string of the molecule is FC(F)(OC1CCCNC1)c1ccccc1. The van der Waals surface area contributed by atoms with E-state index in [1.54, 1.807) is 18.2 Å². The summed E-state index contributed by atoms with van der Waals surface area (Å²) >= 11 is 0. The van der Waals surface area contributed by atoms with Crippen LogP contribution < -0.4 is 5.32 Å². The van der Waals surface area contributed by atoms with Gasteiger partial charge in [-0.3, -0.25) is 0 Å². The van der Waals surface area contributed by atoms with Crippen molar-refractivity contribution in [3.05, 3.63) is 35.9 Å². The molecule has 2 nitrogen and oxygen atoms in total. The van der Waals surface area contributed by atoms with E-state index in [1.165, 1.54) is 12.1 Å². The number of hydrogen-bond acceptors (Lipinski definition) is 2. The molecule has 1 fully saturated rings. The van der Waals surface area contributed by atoms with Crippen molar-refractivity contribution in [2.24, 2.45) is 0 Å². The van der Waals surface area contributed by atoms with Crippen LogP contribution in [-0.2, 0) is 10.8 Å². The normalized spacial score (nSPS) is 22.0. The lowest BCUT2D eigenvalue weighted by Crippen LogP contribution is -2.38. The molecule has 0 aliphatic carbocycles. The third-order valence-electron chi connectivity index (χ3n) is 2.68. The van der Waals surface area contributed by atoms with Gasteiger partial charge in [-0.25, -0.2) is 0 Å². The Balaban J connectivity index is 2.01. The molecule has 2 rings (SSSR count). The van der Waals surface area contributed by atoms with Gasteiger partial charge in [0.15, 0.2) is 0 Å². The van der Waals surface area contributed by atoms with E-state index in [0.717, 1.165) is 13.0 Å². The highest BCUT2D eigenvalue weighted by Gasteiger charge is 2.36. The van der Waals surface area contributed by atoms with Gasteiger partial charge in [0.1, 0.15) is 0 Å². The molecule has 1 heterocycles. The Hall–Kier alpha value is -1.00. The molecule has 1 saturated heterocycles. The molecule has 1 aliphatic heterocycles. The highest BCUT2D eigenvalue weighted by molar-refractivity contribution is 5.17. The molecule has 0 radical (unpaired) electrons. The Morgan fingerprint density at radius 2 is 2.00 bits per heavy atom. The number of hydrogen-bond donors (Lipinski definition) is 1. The van der Waals surface area contributed by atoms with Crippen molar-refractivity contribution in [1.29, 1.82) is 0 Å². The summed E-state index contributed by atoms with van der Waals surface area (Å²) in [6.45, 7) is 1.39. The van der Waals surface area contributed by atoms with Gasteiger partial charge in [0.05, 0.1) is 11.7 Å². The van der Waals surface area contributed by atoms with Gasteiger partial charge in [-0.1, -0.05) is 30.3 Å². The molecule has 88 valence electrons. The fourth-order valence-electron chi connectivity index (χ4n) is 1.83.